The van der Waals surface area contributed by atoms with Gasteiger partial charge in [-0.2, -0.15) is 0 Å². The van der Waals surface area contributed by atoms with Gasteiger partial charge in [-0.3, -0.25) is 9.59 Å². The van der Waals surface area contributed by atoms with Crippen LogP contribution in [0.1, 0.15) is 16.7 Å². The fraction of sp³-hybridized carbons (Fsp3) is 0.250. The number of carbonyl (C=O) groups is 2. The SMILES string of the molecule is O=C(CN1C(=O)CS[C@@H]1c1ccccc1F)NCc1ccco1. The molecule has 0 spiro atoms. The molecule has 0 bridgehead atoms. The summed E-state index contributed by atoms with van der Waals surface area (Å²) in [4.78, 5) is 25.5. The Labute approximate surface area is 136 Å². The molecule has 0 aliphatic carbocycles. The van der Waals surface area contributed by atoms with Crippen molar-refractivity contribution >= 4 is 23.6 Å². The van der Waals surface area contributed by atoms with E-state index in [1.165, 1.54) is 29.0 Å². The molecule has 1 aliphatic rings. The maximum absolute atomic E-state index is 13.9. The molecule has 5 nitrogen and oxygen atoms in total. The van der Waals surface area contributed by atoms with E-state index in [0.29, 0.717) is 11.3 Å². The van der Waals surface area contributed by atoms with E-state index in [2.05, 4.69) is 5.32 Å². The van der Waals surface area contributed by atoms with Gasteiger partial charge in [0.05, 0.1) is 18.6 Å². The zero-order valence-corrected chi connectivity index (χ0v) is 13.0. The minimum absolute atomic E-state index is 0.106. The predicted octanol–water partition coefficient (Wildman–Crippen LogP) is 2.31. The Morgan fingerprint density at radius 2 is 2.17 bits per heavy atom. The van der Waals surface area contributed by atoms with Gasteiger partial charge in [0.2, 0.25) is 11.8 Å². The standard InChI is InChI=1S/C16H15FN2O3S/c17-13-6-2-1-5-12(13)16-19(15(21)10-23-16)9-14(20)18-8-11-4-3-7-22-11/h1-7,16H,8-10H2,(H,18,20)/t16-/m1/s1. The van der Waals surface area contributed by atoms with E-state index in [4.69, 9.17) is 4.42 Å². The normalized spacial score (nSPS) is 17.5. The number of thioether (sulfide) groups is 1. The van der Waals surface area contributed by atoms with Gasteiger partial charge in [-0.15, -0.1) is 11.8 Å². The van der Waals surface area contributed by atoms with Crippen molar-refractivity contribution in [3.8, 4) is 0 Å². The van der Waals surface area contributed by atoms with E-state index in [-0.39, 0.29) is 36.5 Å². The van der Waals surface area contributed by atoms with Crippen molar-refractivity contribution in [1.29, 1.82) is 0 Å². The van der Waals surface area contributed by atoms with E-state index in [1.54, 1.807) is 30.3 Å². The monoisotopic (exact) mass is 334 g/mol. The fourth-order valence-electron chi connectivity index (χ4n) is 2.37. The molecule has 1 N–H and O–H groups in total. The lowest BCUT2D eigenvalue weighted by Gasteiger charge is -2.23. The molecule has 23 heavy (non-hydrogen) atoms. The minimum atomic E-state index is -0.474. The van der Waals surface area contributed by atoms with Crippen LogP contribution in [0, 0.1) is 5.82 Å². The molecule has 0 saturated carbocycles. The molecule has 3 rings (SSSR count). The van der Waals surface area contributed by atoms with E-state index in [1.807, 2.05) is 0 Å². The molecular formula is C16H15FN2O3S. The summed E-state index contributed by atoms with van der Waals surface area (Å²) in [5.74, 6) is 0.0200. The number of halogens is 1. The van der Waals surface area contributed by atoms with Crippen LogP contribution in [0.25, 0.3) is 0 Å². The van der Waals surface area contributed by atoms with Crippen LogP contribution in [0.2, 0.25) is 0 Å². The average molecular weight is 334 g/mol. The molecule has 1 aromatic heterocycles. The number of nitrogens with zero attached hydrogens (tertiary/aromatic N) is 1. The lowest BCUT2D eigenvalue weighted by molar-refractivity contribution is -0.133. The number of rotatable bonds is 5. The van der Waals surface area contributed by atoms with Gasteiger partial charge in [0.1, 0.15) is 23.5 Å². The first-order valence-corrected chi connectivity index (χ1v) is 8.14. The summed E-state index contributed by atoms with van der Waals surface area (Å²) in [6.45, 7) is 0.150. The van der Waals surface area contributed by atoms with Gasteiger partial charge in [-0.1, -0.05) is 18.2 Å². The number of benzene rings is 1. The van der Waals surface area contributed by atoms with Crippen LogP contribution in [0.15, 0.2) is 47.1 Å². The number of hydrogen-bond donors (Lipinski definition) is 1. The summed E-state index contributed by atoms with van der Waals surface area (Å²) in [5.41, 5.74) is 0.419. The Bertz CT molecular complexity index is 705. The molecule has 7 heteroatoms. The van der Waals surface area contributed by atoms with Crippen LogP contribution in [-0.2, 0) is 16.1 Å². The van der Waals surface area contributed by atoms with Crippen LogP contribution >= 0.6 is 11.8 Å². The van der Waals surface area contributed by atoms with E-state index < -0.39 is 5.37 Å². The first-order valence-electron chi connectivity index (χ1n) is 7.10. The largest absolute Gasteiger partial charge is 0.467 e. The molecule has 1 saturated heterocycles. The molecule has 1 aliphatic heterocycles. The maximum Gasteiger partial charge on any atom is 0.240 e. The summed E-state index contributed by atoms with van der Waals surface area (Å²) >= 11 is 1.32. The Morgan fingerprint density at radius 3 is 2.91 bits per heavy atom. The van der Waals surface area contributed by atoms with Crippen molar-refractivity contribution in [2.24, 2.45) is 0 Å². The van der Waals surface area contributed by atoms with Crippen LogP contribution in [-0.4, -0.2) is 29.0 Å². The van der Waals surface area contributed by atoms with Gasteiger partial charge in [0, 0.05) is 5.56 Å². The van der Waals surface area contributed by atoms with Gasteiger partial charge >= 0.3 is 0 Å². The van der Waals surface area contributed by atoms with E-state index >= 15 is 0 Å². The highest BCUT2D eigenvalue weighted by Crippen LogP contribution is 2.39. The average Bonchev–Trinajstić information content (AvgIpc) is 3.17. The molecule has 1 aromatic carbocycles. The van der Waals surface area contributed by atoms with E-state index in [0.717, 1.165) is 0 Å². The van der Waals surface area contributed by atoms with Crippen molar-refractivity contribution < 1.29 is 18.4 Å². The van der Waals surface area contributed by atoms with Gasteiger partial charge in [0.25, 0.3) is 0 Å². The van der Waals surface area contributed by atoms with Gasteiger partial charge in [-0.05, 0) is 18.2 Å². The zero-order valence-electron chi connectivity index (χ0n) is 12.2. The number of furan rings is 1. The third kappa shape index (κ3) is 3.56. The van der Waals surface area contributed by atoms with Crippen LogP contribution in [0.5, 0.6) is 0 Å². The van der Waals surface area contributed by atoms with Crippen molar-refractivity contribution in [2.75, 3.05) is 12.3 Å². The van der Waals surface area contributed by atoms with Crippen molar-refractivity contribution in [3.63, 3.8) is 0 Å². The second kappa shape index (κ2) is 6.87. The minimum Gasteiger partial charge on any atom is -0.467 e. The van der Waals surface area contributed by atoms with Crippen LogP contribution in [0.3, 0.4) is 0 Å². The number of carbonyl (C=O) groups excluding carboxylic acids is 2. The fourth-order valence-corrected chi connectivity index (χ4v) is 3.58. The van der Waals surface area contributed by atoms with Crippen molar-refractivity contribution in [3.05, 3.63) is 59.8 Å². The number of nitrogens with one attached hydrogen (secondary N) is 1. The molecule has 0 radical (unpaired) electrons. The summed E-state index contributed by atoms with van der Waals surface area (Å²) in [7, 11) is 0. The number of amides is 2. The van der Waals surface area contributed by atoms with Crippen LogP contribution in [0.4, 0.5) is 4.39 Å². The lowest BCUT2D eigenvalue weighted by atomic mass is 10.2. The van der Waals surface area contributed by atoms with E-state index in [9.17, 15) is 14.0 Å². The number of hydrogen-bond acceptors (Lipinski definition) is 4. The summed E-state index contributed by atoms with van der Waals surface area (Å²) in [5, 5.41) is 2.22. The summed E-state index contributed by atoms with van der Waals surface area (Å²) in [6.07, 6.45) is 1.52. The Morgan fingerprint density at radius 1 is 1.35 bits per heavy atom. The highest BCUT2D eigenvalue weighted by molar-refractivity contribution is 8.00. The van der Waals surface area contributed by atoms with Crippen LogP contribution < -0.4 is 5.32 Å². The van der Waals surface area contributed by atoms with Crippen molar-refractivity contribution in [1.82, 2.24) is 10.2 Å². The smallest absolute Gasteiger partial charge is 0.240 e. The molecule has 2 aromatic rings. The predicted molar refractivity (Wildman–Crippen MR) is 83.9 cm³/mol. The Kier molecular flexibility index (Phi) is 4.66. The zero-order chi connectivity index (χ0) is 16.2. The molecule has 2 amide bonds. The third-order valence-electron chi connectivity index (χ3n) is 3.49. The second-order valence-corrected chi connectivity index (χ2v) is 6.13. The third-order valence-corrected chi connectivity index (χ3v) is 4.73. The molecule has 2 heterocycles. The maximum atomic E-state index is 13.9. The molecule has 0 unspecified atom stereocenters. The Hall–Kier alpha value is -2.28. The quantitative estimate of drug-likeness (QED) is 0.911. The first kappa shape index (κ1) is 15.6. The summed E-state index contributed by atoms with van der Waals surface area (Å²) in [6, 6.07) is 9.79. The van der Waals surface area contributed by atoms with Gasteiger partial charge in [-0.25, -0.2) is 4.39 Å². The summed E-state index contributed by atoms with van der Waals surface area (Å²) < 4.78 is 19.1. The lowest BCUT2D eigenvalue weighted by Crippen LogP contribution is -2.39. The highest BCUT2D eigenvalue weighted by atomic mass is 32.2. The topological polar surface area (TPSA) is 62.6 Å². The Balaban J connectivity index is 1.66. The molecule has 120 valence electrons. The highest BCUT2D eigenvalue weighted by Gasteiger charge is 2.35. The molecule has 1 fully saturated rings. The second-order valence-electron chi connectivity index (χ2n) is 5.06. The first-order chi connectivity index (χ1) is 11.1. The molecule has 1 atom stereocenters. The van der Waals surface area contributed by atoms with Crippen molar-refractivity contribution in [2.45, 2.75) is 11.9 Å². The molecular weight excluding hydrogens is 319 g/mol. The van der Waals surface area contributed by atoms with Gasteiger partial charge < -0.3 is 14.6 Å². The van der Waals surface area contributed by atoms with Gasteiger partial charge in [0.15, 0.2) is 0 Å².